The van der Waals surface area contributed by atoms with Gasteiger partial charge in [-0.2, -0.15) is 0 Å². The minimum Gasteiger partial charge on any atom is -0.495 e. The summed E-state index contributed by atoms with van der Waals surface area (Å²) < 4.78 is 5.09. The van der Waals surface area contributed by atoms with Gasteiger partial charge in [0.15, 0.2) is 0 Å². The highest BCUT2D eigenvalue weighted by molar-refractivity contribution is 5.80. The average Bonchev–Trinajstić information content (AvgIpc) is 2.30. The zero-order valence-corrected chi connectivity index (χ0v) is 8.92. The van der Waals surface area contributed by atoms with Crippen LogP contribution in [0.1, 0.15) is 6.42 Å². The third-order valence-electron chi connectivity index (χ3n) is 2.09. The maximum Gasteiger partial charge on any atom is 0.305 e. The summed E-state index contributed by atoms with van der Waals surface area (Å²) in [4.78, 5) is 22.6. The zero-order valence-electron chi connectivity index (χ0n) is 8.92. The Hall–Kier alpha value is -2.04. The molecule has 0 unspecified atom stereocenters. The molecule has 1 amide bonds. The fourth-order valence-electron chi connectivity index (χ4n) is 1.31. The molecule has 0 aliphatic heterocycles. The average molecular weight is 223 g/mol. The summed E-state index contributed by atoms with van der Waals surface area (Å²) in [7, 11) is 1.50. The molecule has 0 radical (unpaired) electrons. The molecule has 16 heavy (non-hydrogen) atoms. The number of hydrogen-bond donors (Lipinski definition) is 1. The lowest BCUT2D eigenvalue weighted by atomic mass is 10.2. The molecule has 1 aromatic rings. The van der Waals surface area contributed by atoms with Gasteiger partial charge >= 0.3 is 5.97 Å². The number of ether oxygens (including phenoxy) is 1. The summed E-state index contributed by atoms with van der Waals surface area (Å²) in [6, 6.07) is 6.96. The van der Waals surface area contributed by atoms with Gasteiger partial charge in [0.25, 0.3) is 0 Å². The predicted molar refractivity (Wildman–Crippen MR) is 58.7 cm³/mol. The minimum absolute atomic E-state index is 0.100. The predicted octanol–water partition coefficient (Wildman–Crippen LogP) is 1.13. The van der Waals surface area contributed by atoms with Crippen molar-refractivity contribution in [2.45, 2.75) is 6.42 Å². The monoisotopic (exact) mass is 223 g/mol. The molecule has 0 aliphatic carbocycles. The van der Waals surface area contributed by atoms with E-state index < -0.39 is 5.97 Å². The molecule has 5 nitrogen and oxygen atoms in total. The van der Waals surface area contributed by atoms with Gasteiger partial charge in [-0.3, -0.25) is 9.59 Å². The second kappa shape index (κ2) is 5.75. The number of amides is 1. The lowest BCUT2D eigenvalue weighted by Gasteiger charge is -2.18. The molecule has 1 N–H and O–H groups in total. The molecule has 0 fully saturated rings. The van der Waals surface area contributed by atoms with E-state index in [4.69, 9.17) is 9.84 Å². The van der Waals surface area contributed by atoms with Crippen molar-refractivity contribution < 1.29 is 19.4 Å². The van der Waals surface area contributed by atoms with Crippen LogP contribution >= 0.6 is 0 Å². The molecule has 0 bridgehead atoms. The molecule has 0 saturated heterocycles. The van der Waals surface area contributed by atoms with Gasteiger partial charge in [0.1, 0.15) is 5.75 Å². The molecule has 0 spiro atoms. The highest BCUT2D eigenvalue weighted by atomic mass is 16.5. The summed E-state index contributed by atoms with van der Waals surface area (Å²) in [5.41, 5.74) is 0.571. The van der Waals surface area contributed by atoms with Crippen molar-refractivity contribution in [3.05, 3.63) is 24.3 Å². The highest BCUT2D eigenvalue weighted by Crippen LogP contribution is 2.26. The fraction of sp³-hybridized carbons (Fsp3) is 0.273. The molecular formula is C11H13NO4. The van der Waals surface area contributed by atoms with E-state index in [0.29, 0.717) is 17.8 Å². The number of methoxy groups -OCH3 is 1. The van der Waals surface area contributed by atoms with E-state index in [-0.39, 0.29) is 13.0 Å². The number of para-hydroxylation sites is 2. The Morgan fingerprint density at radius 1 is 1.50 bits per heavy atom. The Kier molecular flexibility index (Phi) is 4.32. The van der Waals surface area contributed by atoms with Gasteiger partial charge in [-0.15, -0.1) is 0 Å². The van der Waals surface area contributed by atoms with E-state index in [9.17, 15) is 9.59 Å². The van der Waals surface area contributed by atoms with Gasteiger partial charge in [0.2, 0.25) is 6.41 Å². The van der Waals surface area contributed by atoms with Crippen LogP contribution in [0.4, 0.5) is 5.69 Å². The molecule has 0 heterocycles. The molecule has 0 atom stereocenters. The van der Waals surface area contributed by atoms with Crippen LogP contribution in [0.25, 0.3) is 0 Å². The van der Waals surface area contributed by atoms with E-state index in [0.717, 1.165) is 0 Å². The topological polar surface area (TPSA) is 66.8 Å². The molecule has 1 aromatic carbocycles. The van der Waals surface area contributed by atoms with Crippen LogP contribution < -0.4 is 9.64 Å². The van der Waals surface area contributed by atoms with Gasteiger partial charge in [0, 0.05) is 6.54 Å². The molecule has 86 valence electrons. The first-order chi connectivity index (χ1) is 7.69. The second-order valence-electron chi connectivity index (χ2n) is 3.11. The van der Waals surface area contributed by atoms with Crippen LogP contribution in [0.3, 0.4) is 0 Å². The van der Waals surface area contributed by atoms with Gasteiger partial charge in [-0.05, 0) is 12.1 Å². The number of rotatable bonds is 6. The molecule has 0 aromatic heterocycles. The quantitative estimate of drug-likeness (QED) is 0.734. The number of carboxylic acid groups (broad SMARTS) is 1. The Morgan fingerprint density at radius 3 is 2.75 bits per heavy atom. The summed E-state index contributed by atoms with van der Waals surface area (Å²) in [5.74, 6) is -0.401. The number of carbonyl (C=O) groups is 2. The fourth-order valence-corrected chi connectivity index (χ4v) is 1.31. The van der Waals surface area contributed by atoms with Gasteiger partial charge in [-0.1, -0.05) is 12.1 Å². The van der Waals surface area contributed by atoms with Crippen LogP contribution in [0.5, 0.6) is 5.75 Å². The van der Waals surface area contributed by atoms with Crippen LogP contribution in [0, 0.1) is 0 Å². The first-order valence-corrected chi connectivity index (χ1v) is 4.75. The molecule has 1 rings (SSSR count). The molecule has 0 saturated carbocycles. The van der Waals surface area contributed by atoms with E-state index in [1.807, 2.05) is 0 Å². The first kappa shape index (κ1) is 12.0. The highest BCUT2D eigenvalue weighted by Gasteiger charge is 2.11. The van der Waals surface area contributed by atoms with E-state index >= 15 is 0 Å². The van der Waals surface area contributed by atoms with Crippen LogP contribution in [0.2, 0.25) is 0 Å². The minimum atomic E-state index is -0.943. The maximum atomic E-state index is 10.9. The number of carboxylic acids is 1. The summed E-state index contributed by atoms with van der Waals surface area (Å²) in [6.45, 7) is 0.124. The molecular weight excluding hydrogens is 210 g/mol. The second-order valence-corrected chi connectivity index (χ2v) is 3.11. The van der Waals surface area contributed by atoms with Gasteiger partial charge in [-0.25, -0.2) is 0 Å². The third kappa shape index (κ3) is 2.98. The van der Waals surface area contributed by atoms with Crippen molar-refractivity contribution >= 4 is 18.1 Å². The number of anilines is 1. The van der Waals surface area contributed by atoms with E-state index in [1.165, 1.54) is 12.0 Å². The lowest BCUT2D eigenvalue weighted by Crippen LogP contribution is -2.24. The number of nitrogens with zero attached hydrogens (tertiary/aromatic N) is 1. The summed E-state index contributed by atoms with van der Waals surface area (Å²) in [6.07, 6.45) is 0.498. The van der Waals surface area contributed by atoms with E-state index in [1.54, 1.807) is 24.3 Å². The zero-order chi connectivity index (χ0) is 12.0. The Balaban J connectivity index is 2.85. The number of carbonyl (C=O) groups excluding carboxylic acids is 1. The third-order valence-corrected chi connectivity index (χ3v) is 2.09. The largest absolute Gasteiger partial charge is 0.495 e. The summed E-state index contributed by atoms with van der Waals surface area (Å²) >= 11 is 0. The van der Waals surface area contributed by atoms with Crippen LogP contribution in [-0.2, 0) is 9.59 Å². The number of aliphatic carboxylic acids is 1. The maximum absolute atomic E-state index is 10.9. The van der Waals surface area contributed by atoms with Crippen molar-refractivity contribution in [2.75, 3.05) is 18.6 Å². The van der Waals surface area contributed by atoms with E-state index in [2.05, 4.69) is 0 Å². The summed E-state index contributed by atoms with van der Waals surface area (Å²) in [5, 5.41) is 8.56. The first-order valence-electron chi connectivity index (χ1n) is 4.75. The smallest absolute Gasteiger partial charge is 0.305 e. The Bertz CT molecular complexity index is 378. The van der Waals surface area contributed by atoms with Crippen LogP contribution in [-0.4, -0.2) is 31.1 Å². The van der Waals surface area contributed by atoms with Crippen molar-refractivity contribution in [1.82, 2.24) is 0 Å². The normalized spacial score (nSPS) is 9.56. The molecule has 5 heteroatoms. The Labute approximate surface area is 93.2 Å². The van der Waals surface area contributed by atoms with Gasteiger partial charge in [0.05, 0.1) is 19.2 Å². The Morgan fingerprint density at radius 2 is 2.19 bits per heavy atom. The van der Waals surface area contributed by atoms with Crippen molar-refractivity contribution in [3.8, 4) is 5.75 Å². The number of hydrogen-bond acceptors (Lipinski definition) is 3. The van der Waals surface area contributed by atoms with Crippen LogP contribution in [0.15, 0.2) is 24.3 Å². The lowest BCUT2D eigenvalue weighted by molar-refractivity contribution is -0.136. The molecule has 0 aliphatic rings. The SMILES string of the molecule is COc1ccccc1N(C=O)CCC(=O)O. The standard InChI is InChI=1S/C11H13NO4/c1-16-10-5-3-2-4-9(10)12(8-13)7-6-11(14)15/h2-5,8H,6-7H2,1H3,(H,14,15). The van der Waals surface area contributed by atoms with Crippen molar-refractivity contribution in [3.63, 3.8) is 0 Å². The number of benzene rings is 1. The van der Waals surface area contributed by atoms with Gasteiger partial charge < -0.3 is 14.7 Å². The van der Waals surface area contributed by atoms with Crippen molar-refractivity contribution in [1.29, 1.82) is 0 Å². The van der Waals surface area contributed by atoms with Crippen molar-refractivity contribution in [2.24, 2.45) is 0 Å².